The van der Waals surface area contributed by atoms with E-state index in [1.54, 1.807) is 0 Å². The van der Waals surface area contributed by atoms with Crippen molar-refractivity contribution < 1.29 is 0 Å². The lowest BCUT2D eigenvalue weighted by Crippen LogP contribution is -2.17. The average Bonchev–Trinajstić information content (AvgIpc) is 2.40. The lowest BCUT2D eigenvalue weighted by atomic mass is 10.1. The normalized spacial score (nSPS) is 11.2. The van der Waals surface area contributed by atoms with Gasteiger partial charge in [-0.15, -0.1) is 0 Å². The predicted octanol–water partition coefficient (Wildman–Crippen LogP) is 2.16. The van der Waals surface area contributed by atoms with Crippen molar-refractivity contribution in [3.63, 3.8) is 0 Å². The number of H-pyrrole nitrogens is 1. The molecule has 1 heterocycles. The van der Waals surface area contributed by atoms with Crippen molar-refractivity contribution in [2.75, 3.05) is 6.54 Å². The molecule has 14 heavy (non-hydrogen) atoms. The molecule has 0 atom stereocenters. The predicted molar refractivity (Wildman–Crippen MR) is 59.2 cm³/mol. The van der Waals surface area contributed by atoms with Gasteiger partial charge in [-0.1, -0.05) is 13.8 Å². The molecule has 3 nitrogen and oxygen atoms in total. The molecule has 0 radical (unpaired) electrons. The first-order valence-electron chi connectivity index (χ1n) is 5.32. The van der Waals surface area contributed by atoms with E-state index in [1.165, 1.54) is 12.1 Å². The van der Waals surface area contributed by atoms with E-state index >= 15 is 0 Å². The van der Waals surface area contributed by atoms with Crippen LogP contribution >= 0.6 is 0 Å². The Bertz CT molecular complexity index is 257. The van der Waals surface area contributed by atoms with Gasteiger partial charge in [-0.2, -0.15) is 0 Å². The van der Waals surface area contributed by atoms with E-state index in [2.05, 4.69) is 36.1 Å². The molecular weight excluding hydrogens is 174 g/mol. The summed E-state index contributed by atoms with van der Waals surface area (Å²) in [5.41, 5.74) is 2.27. The van der Waals surface area contributed by atoms with Crippen molar-refractivity contribution in [3.8, 4) is 0 Å². The van der Waals surface area contributed by atoms with Gasteiger partial charge in [0.1, 0.15) is 5.82 Å². The van der Waals surface area contributed by atoms with Crippen molar-refractivity contribution in [2.45, 2.75) is 40.7 Å². The topological polar surface area (TPSA) is 40.7 Å². The summed E-state index contributed by atoms with van der Waals surface area (Å²) in [6.45, 7) is 10.5. The Morgan fingerprint density at radius 1 is 1.36 bits per heavy atom. The van der Waals surface area contributed by atoms with Crippen LogP contribution in [0.1, 0.15) is 37.5 Å². The first kappa shape index (κ1) is 11.2. The molecule has 1 aromatic heterocycles. The van der Waals surface area contributed by atoms with Gasteiger partial charge in [-0.05, 0) is 32.7 Å². The second-order valence-corrected chi connectivity index (χ2v) is 4.25. The maximum Gasteiger partial charge on any atom is 0.120 e. The number of nitrogens with one attached hydrogen (secondary N) is 2. The van der Waals surface area contributed by atoms with Crippen molar-refractivity contribution in [1.29, 1.82) is 0 Å². The smallest absolute Gasteiger partial charge is 0.120 e. The number of rotatable bonds is 5. The summed E-state index contributed by atoms with van der Waals surface area (Å²) >= 11 is 0. The highest BCUT2D eigenvalue weighted by molar-refractivity contribution is 5.10. The molecule has 0 spiro atoms. The van der Waals surface area contributed by atoms with Crippen molar-refractivity contribution in [2.24, 2.45) is 5.92 Å². The van der Waals surface area contributed by atoms with E-state index < -0.39 is 0 Å². The fraction of sp³-hybridized carbons (Fsp3) is 0.727. The van der Waals surface area contributed by atoms with E-state index in [0.717, 1.165) is 30.5 Å². The molecule has 80 valence electrons. The van der Waals surface area contributed by atoms with Crippen LogP contribution in [0.15, 0.2) is 0 Å². The van der Waals surface area contributed by atoms with Crippen LogP contribution in [0.3, 0.4) is 0 Å². The Hall–Kier alpha value is -0.830. The summed E-state index contributed by atoms with van der Waals surface area (Å²) in [4.78, 5) is 7.67. The number of hydrogen-bond donors (Lipinski definition) is 2. The maximum absolute atomic E-state index is 4.41. The highest BCUT2D eigenvalue weighted by Crippen LogP contribution is 2.02. The summed E-state index contributed by atoms with van der Waals surface area (Å²) in [7, 11) is 0. The molecule has 0 bridgehead atoms. The largest absolute Gasteiger partial charge is 0.345 e. The molecule has 3 heteroatoms. The summed E-state index contributed by atoms with van der Waals surface area (Å²) in [6.07, 6.45) is 1.22. The zero-order chi connectivity index (χ0) is 10.6. The molecular formula is C11H21N3. The van der Waals surface area contributed by atoms with E-state index in [1.807, 2.05) is 6.92 Å². The Morgan fingerprint density at radius 3 is 2.57 bits per heavy atom. The van der Waals surface area contributed by atoms with Crippen molar-refractivity contribution in [3.05, 3.63) is 17.2 Å². The molecule has 2 N–H and O–H groups in total. The summed E-state index contributed by atoms with van der Waals surface area (Å²) in [5.74, 6) is 1.81. The molecule has 0 aliphatic rings. The molecule has 1 rings (SSSR count). The van der Waals surface area contributed by atoms with Gasteiger partial charge in [0.05, 0.1) is 12.2 Å². The van der Waals surface area contributed by atoms with Crippen LogP contribution in [0.4, 0.5) is 0 Å². The lowest BCUT2D eigenvalue weighted by Gasteiger charge is -2.04. The number of hydrogen-bond acceptors (Lipinski definition) is 2. The molecule has 1 aromatic rings. The summed E-state index contributed by atoms with van der Waals surface area (Å²) in [5, 5.41) is 3.38. The monoisotopic (exact) mass is 195 g/mol. The zero-order valence-electron chi connectivity index (χ0n) is 9.65. The molecule has 0 amide bonds. The highest BCUT2D eigenvalue weighted by atomic mass is 15.0. The molecule has 0 saturated carbocycles. The Labute approximate surface area is 86.3 Å². The van der Waals surface area contributed by atoms with Crippen LogP contribution in [0.25, 0.3) is 0 Å². The van der Waals surface area contributed by atoms with Gasteiger partial charge in [-0.3, -0.25) is 0 Å². The Kier molecular flexibility index (Phi) is 4.14. The third-order valence-corrected chi connectivity index (χ3v) is 2.37. The maximum atomic E-state index is 4.41. The van der Waals surface area contributed by atoms with Crippen LogP contribution in [0.5, 0.6) is 0 Å². The van der Waals surface area contributed by atoms with Crippen LogP contribution in [-0.4, -0.2) is 16.5 Å². The molecule has 0 saturated heterocycles. The van der Waals surface area contributed by atoms with E-state index in [0.29, 0.717) is 0 Å². The molecule has 0 unspecified atom stereocenters. The summed E-state index contributed by atoms with van der Waals surface area (Å²) in [6, 6.07) is 0. The minimum absolute atomic E-state index is 0.766. The standard InChI is InChI=1S/C11H21N3/c1-8(2)5-6-12-7-11-13-9(3)10(4)14-11/h8,12H,5-7H2,1-4H3,(H,13,14). The van der Waals surface area contributed by atoms with Crippen LogP contribution in [0, 0.1) is 19.8 Å². The van der Waals surface area contributed by atoms with Crippen LogP contribution in [-0.2, 0) is 6.54 Å². The highest BCUT2D eigenvalue weighted by Gasteiger charge is 2.01. The minimum Gasteiger partial charge on any atom is -0.345 e. The number of aromatic amines is 1. The van der Waals surface area contributed by atoms with E-state index in [4.69, 9.17) is 0 Å². The molecule has 0 aromatic carbocycles. The van der Waals surface area contributed by atoms with Crippen molar-refractivity contribution >= 4 is 0 Å². The molecule has 0 aliphatic heterocycles. The zero-order valence-corrected chi connectivity index (χ0v) is 9.65. The Balaban J connectivity index is 2.25. The fourth-order valence-corrected chi connectivity index (χ4v) is 1.30. The van der Waals surface area contributed by atoms with Crippen LogP contribution in [0.2, 0.25) is 0 Å². The number of aryl methyl sites for hydroxylation is 2. The van der Waals surface area contributed by atoms with Gasteiger partial charge in [0.15, 0.2) is 0 Å². The van der Waals surface area contributed by atoms with Crippen LogP contribution < -0.4 is 5.32 Å². The van der Waals surface area contributed by atoms with E-state index in [-0.39, 0.29) is 0 Å². The van der Waals surface area contributed by atoms with Gasteiger partial charge in [0, 0.05) is 5.69 Å². The number of nitrogens with zero attached hydrogens (tertiary/aromatic N) is 1. The second-order valence-electron chi connectivity index (χ2n) is 4.25. The Morgan fingerprint density at radius 2 is 2.07 bits per heavy atom. The summed E-state index contributed by atoms with van der Waals surface area (Å²) < 4.78 is 0. The number of aromatic nitrogens is 2. The third-order valence-electron chi connectivity index (χ3n) is 2.37. The first-order chi connectivity index (χ1) is 6.59. The van der Waals surface area contributed by atoms with Gasteiger partial charge in [-0.25, -0.2) is 4.98 Å². The number of imidazole rings is 1. The SMILES string of the molecule is Cc1nc(CNCCC(C)C)[nH]c1C. The van der Waals surface area contributed by atoms with E-state index in [9.17, 15) is 0 Å². The lowest BCUT2D eigenvalue weighted by molar-refractivity contribution is 0.532. The first-order valence-corrected chi connectivity index (χ1v) is 5.32. The molecule has 0 fully saturated rings. The fourth-order valence-electron chi connectivity index (χ4n) is 1.30. The second kappa shape index (κ2) is 5.15. The van der Waals surface area contributed by atoms with Gasteiger partial charge in [0.2, 0.25) is 0 Å². The van der Waals surface area contributed by atoms with Gasteiger partial charge >= 0.3 is 0 Å². The minimum atomic E-state index is 0.766. The van der Waals surface area contributed by atoms with Gasteiger partial charge < -0.3 is 10.3 Å². The molecule has 0 aliphatic carbocycles. The van der Waals surface area contributed by atoms with Crippen molar-refractivity contribution in [1.82, 2.24) is 15.3 Å². The van der Waals surface area contributed by atoms with Gasteiger partial charge in [0.25, 0.3) is 0 Å². The average molecular weight is 195 g/mol. The quantitative estimate of drug-likeness (QED) is 0.707. The third kappa shape index (κ3) is 3.50.